The number of rotatable bonds is 3. The highest BCUT2D eigenvalue weighted by Gasteiger charge is 2.38. The van der Waals surface area contributed by atoms with E-state index in [1.165, 1.54) is 17.7 Å². The van der Waals surface area contributed by atoms with Crippen LogP contribution in [0.3, 0.4) is 0 Å². The Morgan fingerprint density at radius 2 is 1.83 bits per heavy atom. The Bertz CT molecular complexity index is 536. The number of hydrogen-bond donors (Lipinski definition) is 1. The number of nitrogens with one attached hydrogen (secondary N) is 1. The van der Waals surface area contributed by atoms with Crippen molar-refractivity contribution in [2.24, 2.45) is 0 Å². The highest BCUT2D eigenvalue weighted by molar-refractivity contribution is 5.37. The first-order valence-electron chi connectivity index (χ1n) is 6.03. The van der Waals surface area contributed by atoms with Crippen LogP contribution in [0, 0.1) is 12.7 Å². The number of aryl methyl sites for hydroxylation is 1. The van der Waals surface area contributed by atoms with Gasteiger partial charge < -0.3 is 5.32 Å². The summed E-state index contributed by atoms with van der Waals surface area (Å²) >= 11 is 0. The third kappa shape index (κ3) is 2.32. The van der Waals surface area contributed by atoms with E-state index in [2.05, 4.69) is 15.3 Å². The predicted molar refractivity (Wildman–Crippen MR) is 67.9 cm³/mol. The Balaban J connectivity index is 1.64. The maximum absolute atomic E-state index is 12.8. The Kier molecular flexibility index (Phi) is 2.70. The minimum atomic E-state index is -0.189. The van der Waals surface area contributed by atoms with Crippen LogP contribution in [-0.2, 0) is 0 Å². The first-order chi connectivity index (χ1) is 8.72. The summed E-state index contributed by atoms with van der Waals surface area (Å²) in [7, 11) is 0. The molecule has 1 N–H and O–H groups in total. The number of halogens is 1. The van der Waals surface area contributed by atoms with E-state index in [1.54, 1.807) is 12.4 Å². The molecular formula is C14H14FN3. The summed E-state index contributed by atoms with van der Waals surface area (Å²) < 4.78 is 12.8. The largest absolute Gasteiger partial charge is 0.351 e. The van der Waals surface area contributed by atoms with Crippen LogP contribution in [-0.4, -0.2) is 16.0 Å². The lowest BCUT2D eigenvalue weighted by Crippen LogP contribution is -2.07. The molecule has 4 heteroatoms. The third-order valence-corrected chi connectivity index (χ3v) is 3.18. The summed E-state index contributed by atoms with van der Waals surface area (Å²) in [5, 5.41) is 3.29. The van der Waals surface area contributed by atoms with Crippen LogP contribution in [0.5, 0.6) is 0 Å². The number of hydrogen-bond acceptors (Lipinski definition) is 3. The zero-order chi connectivity index (χ0) is 12.5. The van der Waals surface area contributed by atoms with Gasteiger partial charge in [-0.1, -0.05) is 12.1 Å². The van der Waals surface area contributed by atoms with E-state index >= 15 is 0 Å². The topological polar surface area (TPSA) is 37.8 Å². The Morgan fingerprint density at radius 1 is 1.17 bits per heavy atom. The smallest absolute Gasteiger partial charge is 0.222 e. The molecule has 1 heterocycles. The zero-order valence-corrected chi connectivity index (χ0v) is 10.1. The maximum Gasteiger partial charge on any atom is 0.222 e. The van der Waals surface area contributed by atoms with E-state index in [1.807, 2.05) is 19.1 Å². The van der Waals surface area contributed by atoms with Gasteiger partial charge in [-0.05, 0) is 36.6 Å². The van der Waals surface area contributed by atoms with Crippen LogP contribution in [0.2, 0.25) is 0 Å². The molecule has 0 amide bonds. The molecule has 0 saturated heterocycles. The molecule has 0 bridgehead atoms. The lowest BCUT2D eigenvalue weighted by atomic mass is 10.1. The molecule has 92 valence electrons. The molecular weight excluding hydrogens is 229 g/mol. The molecule has 0 spiro atoms. The molecule has 1 aromatic carbocycles. The average molecular weight is 243 g/mol. The summed E-state index contributed by atoms with van der Waals surface area (Å²) in [6, 6.07) is 7.06. The number of benzene rings is 1. The monoisotopic (exact) mass is 243 g/mol. The third-order valence-electron chi connectivity index (χ3n) is 3.18. The second kappa shape index (κ2) is 4.37. The normalized spacial score (nSPS) is 21.7. The summed E-state index contributed by atoms with van der Waals surface area (Å²) in [4.78, 5) is 8.44. The van der Waals surface area contributed by atoms with Crippen molar-refractivity contribution in [2.75, 3.05) is 5.32 Å². The van der Waals surface area contributed by atoms with Crippen molar-refractivity contribution in [3.05, 3.63) is 53.6 Å². The molecule has 3 rings (SSSR count). The van der Waals surface area contributed by atoms with E-state index in [4.69, 9.17) is 0 Å². The summed E-state index contributed by atoms with van der Waals surface area (Å²) in [5.41, 5.74) is 2.22. The molecule has 0 radical (unpaired) electrons. The van der Waals surface area contributed by atoms with Gasteiger partial charge in [-0.2, -0.15) is 0 Å². The van der Waals surface area contributed by atoms with Crippen LogP contribution in [0.4, 0.5) is 10.3 Å². The van der Waals surface area contributed by atoms with Crippen LogP contribution in [0.15, 0.2) is 36.7 Å². The van der Waals surface area contributed by atoms with Gasteiger partial charge in [0.2, 0.25) is 5.95 Å². The molecule has 0 aliphatic heterocycles. The van der Waals surface area contributed by atoms with Crippen LogP contribution >= 0.6 is 0 Å². The highest BCUT2D eigenvalue weighted by Crippen LogP contribution is 2.42. The molecule has 1 fully saturated rings. The van der Waals surface area contributed by atoms with Gasteiger partial charge in [0.15, 0.2) is 0 Å². The Morgan fingerprint density at radius 3 is 2.50 bits per heavy atom. The second-order valence-electron chi connectivity index (χ2n) is 4.73. The lowest BCUT2D eigenvalue weighted by molar-refractivity contribution is 0.627. The first kappa shape index (κ1) is 11.1. The molecule has 2 aromatic rings. The molecule has 3 nitrogen and oxygen atoms in total. The van der Waals surface area contributed by atoms with Crippen molar-refractivity contribution < 1.29 is 4.39 Å². The minimum Gasteiger partial charge on any atom is -0.351 e. The van der Waals surface area contributed by atoms with Crippen LogP contribution in [0.1, 0.15) is 23.5 Å². The second-order valence-corrected chi connectivity index (χ2v) is 4.73. The van der Waals surface area contributed by atoms with E-state index < -0.39 is 0 Å². The fraction of sp³-hybridized carbons (Fsp3) is 0.286. The van der Waals surface area contributed by atoms with Crippen molar-refractivity contribution in [3.63, 3.8) is 0 Å². The fourth-order valence-electron chi connectivity index (χ4n) is 2.07. The summed E-state index contributed by atoms with van der Waals surface area (Å²) in [5.74, 6) is 0.913. The SMILES string of the molecule is Cc1cnc(N[C@@H]2C[C@H]2c2ccc(F)cc2)nc1. The molecule has 1 aliphatic rings. The standard InChI is InChI=1S/C14H14FN3/c1-9-7-16-14(17-8-9)18-13-6-12(13)10-2-4-11(15)5-3-10/h2-5,7-8,12-13H,6H2,1H3,(H,16,17,18)/t12-,13+/m0/s1. The molecule has 2 atom stereocenters. The number of nitrogens with zero attached hydrogens (tertiary/aromatic N) is 2. The molecule has 1 aliphatic carbocycles. The van der Waals surface area contributed by atoms with Gasteiger partial charge in [0.1, 0.15) is 5.82 Å². The van der Waals surface area contributed by atoms with Gasteiger partial charge in [-0.25, -0.2) is 14.4 Å². The minimum absolute atomic E-state index is 0.189. The van der Waals surface area contributed by atoms with E-state index in [0.29, 0.717) is 17.9 Å². The van der Waals surface area contributed by atoms with Gasteiger partial charge in [-0.3, -0.25) is 0 Å². The summed E-state index contributed by atoms with van der Waals surface area (Å²) in [6.07, 6.45) is 4.64. The molecule has 18 heavy (non-hydrogen) atoms. The van der Waals surface area contributed by atoms with E-state index in [-0.39, 0.29) is 5.82 Å². The zero-order valence-electron chi connectivity index (χ0n) is 10.1. The Hall–Kier alpha value is -1.97. The van der Waals surface area contributed by atoms with Crippen molar-refractivity contribution in [1.82, 2.24) is 9.97 Å². The number of anilines is 1. The van der Waals surface area contributed by atoms with Gasteiger partial charge in [-0.15, -0.1) is 0 Å². The molecule has 1 aromatic heterocycles. The van der Waals surface area contributed by atoms with Crippen LogP contribution in [0.25, 0.3) is 0 Å². The van der Waals surface area contributed by atoms with E-state index in [0.717, 1.165) is 12.0 Å². The number of aromatic nitrogens is 2. The molecule has 0 unspecified atom stereocenters. The lowest BCUT2D eigenvalue weighted by Gasteiger charge is -2.04. The van der Waals surface area contributed by atoms with Gasteiger partial charge >= 0.3 is 0 Å². The summed E-state index contributed by atoms with van der Waals surface area (Å²) in [6.45, 7) is 1.96. The van der Waals surface area contributed by atoms with Crippen LogP contribution < -0.4 is 5.32 Å². The van der Waals surface area contributed by atoms with Crippen molar-refractivity contribution >= 4 is 5.95 Å². The van der Waals surface area contributed by atoms with E-state index in [9.17, 15) is 4.39 Å². The highest BCUT2D eigenvalue weighted by atomic mass is 19.1. The average Bonchev–Trinajstić information content (AvgIpc) is 3.12. The quantitative estimate of drug-likeness (QED) is 0.900. The fourth-order valence-corrected chi connectivity index (χ4v) is 2.07. The molecule has 1 saturated carbocycles. The van der Waals surface area contributed by atoms with Gasteiger partial charge in [0, 0.05) is 24.4 Å². The van der Waals surface area contributed by atoms with Crippen molar-refractivity contribution in [1.29, 1.82) is 0 Å². The Labute approximate surface area is 105 Å². The van der Waals surface area contributed by atoms with Crippen molar-refractivity contribution in [2.45, 2.75) is 25.3 Å². The van der Waals surface area contributed by atoms with Crippen molar-refractivity contribution in [3.8, 4) is 0 Å². The maximum atomic E-state index is 12.8. The predicted octanol–water partition coefficient (Wildman–Crippen LogP) is 2.89. The first-order valence-corrected chi connectivity index (χ1v) is 6.03. The van der Waals surface area contributed by atoms with Gasteiger partial charge in [0.25, 0.3) is 0 Å². The van der Waals surface area contributed by atoms with Gasteiger partial charge in [0.05, 0.1) is 0 Å².